The molecule has 1 aromatic heterocycles. The first kappa shape index (κ1) is 14.3. The van der Waals surface area contributed by atoms with Crippen molar-refractivity contribution < 1.29 is 13.5 Å². The molecule has 0 aliphatic heterocycles. The lowest BCUT2D eigenvalue weighted by Crippen LogP contribution is -1.93. The average molecular weight is 306 g/mol. The lowest BCUT2D eigenvalue weighted by atomic mass is 10.1. The zero-order chi connectivity index (χ0) is 15.0. The highest BCUT2D eigenvalue weighted by Crippen LogP contribution is 2.40. The van der Waals surface area contributed by atoms with Crippen LogP contribution in [0.3, 0.4) is 0 Å². The summed E-state index contributed by atoms with van der Waals surface area (Å²) in [6, 6.07) is 7.12. The molecule has 2 aromatic carbocycles. The van der Waals surface area contributed by atoms with Gasteiger partial charge in [0, 0.05) is 10.8 Å². The van der Waals surface area contributed by atoms with Gasteiger partial charge < -0.3 is 4.74 Å². The summed E-state index contributed by atoms with van der Waals surface area (Å²) in [5.74, 6) is -0.384. The van der Waals surface area contributed by atoms with E-state index in [1.54, 1.807) is 12.1 Å². The third-order valence-electron chi connectivity index (χ3n) is 3.55. The molecule has 0 aliphatic rings. The van der Waals surface area contributed by atoms with Crippen LogP contribution in [0.2, 0.25) is 0 Å². The van der Waals surface area contributed by atoms with Gasteiger partial charge in [0.2, 0.25) is 0 Å². The molecule has 0 bridgehead atoms. The highest BCUT2D eigenvalue weighted by Gasteiger charge is 2.17. The van der Waals surface area contributed by atoms with E-state index in [0.29, 0.717) is 28.0 Å². The standard InChI is InChI=1S/C17H16F2OS/c1-3-5-10-6-7-11-12-8-9-13(20-4-2)15(19)17(12)21-16(11)14(10)18/h6-9H,3-5H2,1-2H3. The van der Waals surface area contributed by atoms with Gasteiger partial charge in [-0.1, -0.05) is 25.5 Å². The first-order valence-electron chi connectivity index (χ1n) is 7.12. The van der Waals surface area contributed by atoms with Crippen molar-refractivity contribution in [3.63, 3.8) is 0 Å². The summed E-state index contributed by atoms with van der Waals surface area (Å²) < 4.78 is 35.2. The lowest BCUT2D eigenvalue weighted by Gasteiger charge is -2.04. The number of thiophene rings is 1. The van der Waals surface area contributed by atoms with E-state index in [-0.39, 0.29) is 11.6 Å². The van der Waals surface area contributed by atoms with Crippen molar-refractivity contribution in [3.8, 4) is 5.75 Å². The second-order valence-corrected chi connectivity index (χ2v) is 5.98. The molecular formula is C17H16F2OS. The quantitative estimate of drug-likeness (QED) is 0.602. The second kappa shape index (κ2) is 5.60. The molecule has 0 saturated heterocycles. The summed E-state index contributed by atoms with van der Waals surface area (Å²) in [5, 5.41) is 1.52. The van der Waals surface area contributed by atoms with Gasteiger partial charge in [0.1, 0.15) is 5.82 Å². The maximum Gasteiger partial charge on any atom is 0.182 e. The SMILES string of the molecule is CCCc1ccc2c(sc3c(F)c(OCC)ccc32)c1F. The molecule has 0 radical (unpaired) electrons. The van der Waals surface area contributed by atoms with Crippen LogP contribution in [-0.4, -0.2) is 6.61 Å². The summed E-state index contributed by atoms with van der Waals surface area (Å²) in [4.78, 5) is 0. The molecule has 3 rings (SSSR count). The minimum Gasteiger partial charge on any atom is -0.491 e. The zero-order valence-electron chi connectivity index (χ0n) is 12.0. The van der Waals surface area contributed by atoms with Crippen LogP contribution in [0.4, 0.5) is 8.78 Å². The lowest BCUT2D eigenvalue weighted by molar-refractivity contribution is 0.323. The summed E-state index contributed by atoms with van der Waals surface area (Å²) in [6.07, 6.45) is 1.58. The fourth-order valence-electron chi connectivity index (χ4n) is 2.59. The predicted octanol–water partition coefficient (Wildman–Crippen LogP) is 5.68. The Morgan fingerprint density at radius 3 is 2.29 bits per heavy atom. The van der Waals surface area contributed by atoms with Crippen molar-refractivity contribution in [2.75, 3.05) is 6.61 Å². The number of rotatable bonds is 4. The topological polar surface area (TPSA) is 9.23 Å². The molecule has 0 unspecified atom stereocenters. The number of hydrogen-bond donors (Lipinski definition) is 0. The Bertz CT molecular complexity index is 741. The van der Waals surface area contributed by atoms with Crippen LogP contribution in [0.5, 0.6) is 5.75 Å². The van der Waals surface area contributed by atoms with E-state index < -0.39 is 5.82 Å². The van der Waals surface area contributed by atoms with Gasteiger partial charge in [0.15, 0.2) is 11.6 Å². The maximum atomic E-state index is 14.5. The molecule has 0 atom stereocenters. The molecule has 0 N–H and O–H groups in total. The molecule has 21 heavy (non-hydrogen) atoms. The van der Waals surface area contributed by atoms with Gasteiger partial charge in [0.25, 0.3) is 0 Å². The Kier molecular flexibility index (Phi) is 3.81. The van der Waals surface area contributed by atoms with Gasteiger partial charge >= 0.3 is 0 Å². The predicted molar refractivity (Wildman–Crippen MR) is 84.4 cm³/mol. The molecule has 1 nitrogen and oxygen atoms in total. The average Bonchev–Trinajstić information content (AvgIpc) is 2.86. The Balaban J connectivity index is 2.28. The van der Waals surface area contributed by atoms with Crippen LogP contribution in [0, 0.1) is 11.6 Å². The smallest absolute Gasteiger partial charge is 0.182 e. The van der Waals surface area contributed by atoms with Crippen LogP contribution in [0.15, 0.2) is 24.3 Å². The first-order valence-corrected chi connectivity index (χ1v) is 7.93. The fraction of sp³-hybridized carbons (Fsp3) is 0.294. The van der Waals surface area contributed by atoms with Crippen molar-refractivity contribution >= 4 is 31.5 Å². The van der Waals surface area contributed by atoms with Gasteiger partial charge in [-0.2, -0.15) is 0 Å². The number of ether oxygens (including phenoxy) is 1. The minimum absolute atomic E-state index is 0.215. The third kappa shape index (κ3) is 2.27. The van der Waals surface area contributed by atoms with Gasteiger partial charge in [-0.05, 0) is 31.0 Å². The van der Waals surface area contributed by atoms with Gasteiger partial charge in [-0.25, -0.2) is 8.78 Å². The number of hydrogen-bond acceptors (Lipinski definition) is 2. The van der Waals surface area contributed by atoms with Crippen LogP contribution in [0.25, 0.3) is 20.2 Å². The van der Waals surface area contributed by atoms with Crippen LogP contribution in [0.1, 0.15) is 25.8 Å². The van der Waals surface area contributed by atoms with Gasteiger partial charge in [-0.3, -0.25) is 0 Å². The minimum atomic E-state index is -0.396. The van der Waals surface area contributed by atoms with Crippen LogP contribution in [-0.2, 0) is 6.42 Å². The Morgan fingerprint density at radius 1 is 0.952 bits per heavy atom. The maximum absolute atomic E-state index is 14.5. The van der Waals surface area contributed by atoms with E-state index in [0.717, 1.165) is 28.5 Å². The van der Waals surface area contributed by atoms with Crippen LogP contribution < -0.4 is 4.74 Å². The molecule has 3 aromatic rings. The third-order valence-corrected chi connectivity index (χ3v) is 4.76. The molecule has 0 spiro atoms. The molecule has 0 saturated carbocycles. The molecule has 4 heteroatoms. The van der Waals surface area contributed by atoms with E-state index in [1.807, 2.05) is 26.0 Å². The number of halogens is 2. The summed E-state index contributed by atoms with van der Waals surface area (Å²) in [6.45, 7) is 4.23. The number of benzene rings is 2. The number of fused-ring (bicyclic) bond motifs is 3. The molecule has 0 fully saturated rings. The van der Waals surface area contributed by atoms with E-state index in [2.05, 4.69) is 0 Å². The summed E-state index contributed by atoms with van der Waals surface area (Å²) in [7, 11) is 0. The van der Waals surface area contributed by atoms with Crippen molar-refractivity contribution in [1.82, 2.24) is 0 Å². The van der Waals surface area contributed by atoms with Crippen molar-refractivity contribution in [2.45, 2.75) is 26.7 Å². The van der Waals surface area contributed by atoms with Crippen molar-refractivity contribution in [2.24, 2.45) is 0 Å². The molecule has 1 heterocycles. The fourth-order valence-corrected chi connectivity index (χ4v) is 3.78. The van der Waals surface area contributed by atoms with E-state index in [1.165, 1.54) is 0 Å². The van der Waals surface area contributed by atoms with Gasteiger partial charge in [-0.15, -0.1) is 11.3 Å². The normalized spacial score (nSPS) is 11.4. The molecule has 110 valence electrons. The van der Waals surface area contributed by atoms with Crippen molar-refractivity contribution in [3.05, 3.63) is 41.5 Å². The molecule has 0 aliphatic carbocycles. The molecule has 0 amide bonds. The monoisotopic (exact) mass is 306 g/mol. The Labute approximate surface area is 126 Å². The summed E-state index contributed by atoms with van der Waals surface area (Å²) in [5.41, 5.74) is 0.696. The Morgan fingerprint density at radius 2 is 1.62 bits per heavy atom. The van der Waals surface area contributed by atoms with Crippen LogP contribution >= 0.6 is 11.3 Å². The van der Waals surface area contributed by atoms with Gasteiger partial charge in [0.05, 0.1) is 16.0 Å². The van der Waals surface area contributed by atoms with E-state index >= 15 is 0 Å². The Hall–Kier alpha value is -1.68. The first-order chi connectivity index (χ1) is 10.2. The van der Waals surface area contributed by atoms with E-state index in [9.17, 15) is 8.78 Å². The van der Waals surface area contributed by atoms with E-state index in [4.69, 9.17) is 4.74 Å². The highest BCUT2D eigenvalue weighted by molar-refractivity contribution is 7.25. The van der Waals surface area contributed by atoms with Crippen molar-refractivity contribution in [1.29, 1.82) is 0 Å². The zero-order valence-corrected chi connectivity index (χ0v) is 12.8. The largest absolute Gasteiger partial charge is 0.491 e. The molecular weight excluding hydrogens is 290 g/mol. The summed E-state index contributed by atoms with van der Waals surface area (Å²) >= 11 is 1.16. The highest BCUT2D eigenvalue weighted by atomic mass is 32.1. The second-order valence-electron chi connectivity index (χ2n) is 4.95. The number of aryl methyl sites for hydroxylation is 1.